The summed E-state index contributed by atoms with van der Waals surface area (Å²) in [6.45, 7) is 1.32. The second kappa shape index (κ2) is 3.88. The summed E-state index contributed by atoms with van der Waals surface area (Å²) in [6, 6.07) is 0.717. The third kappa shape index (κ3) is 1.90. The molecule has 18 heavy (non-hydrogen) atoms. The fraction of sp³-hybridized carbons (Fsp3) is 0.200. The van der Waals surface area contributed by atoms with Crippen molar-refractivity contribution in [3.8, 4) is 0 Å². The Kier molecular flexibility index (Phi) is 2.73. The summed E-state index contributed by atoms with van der Waals surface area (Å²) in [5.74, 6) is -1.37. The number of carboxylic acids is 1. The molecule has 0 saturated carbocycles. The zero-order valence-electron chi connectivity index (χ0n) is 8.92. The highest BCUT2D eigenvalue weighted by Crippen LogP contribution is 2.34. The Bertz CT molecular complexity index is 649. The standard InChI is InChI=1S/C10H6ClF3N2O2/c1-4-7(9(17)18)16-3-5(11)2-6(8(16)15-4)10(12,13)14/h2-3H,1H3,(H,17,18). The normalized spacial score (nSPS) is 12.1. The van der Waals surface area contributed by atoms with Crippen molar-refractivity contribution in [3.63, 3.8) is 0 Å². The van der Waals surface area contributed by atoms with Gasteiger partial charge in [-0.2, -0.15) is 13.2 Å². The number of hydrogen-bond donors (Lipinski definition) is 1. The highest BCUT2D eigenvalue weighted by atomic mass is 35.5. The molecule has 2 heterocycles. The maximum atomic E-state index is 12.8. The predicted octanol–water partition coefficient (Wildman–Crippen LogP) is 3.01. The van der Waals surface area contributed by atoms with Crippen molar-refractivity contribution in [1.29, 1.82) is 0 Å². The van der Waals surface area contributed by atoms with Gasteiger partial charge in [-0.05, 0) is 13.0 Å². The fourth-order valence-electron chi connectivity index (χ4n) is 1.69. The minimum absolute atomic E-state index is 0.00438. The quantitative estimate of drug-likeness (QED) is 0.872. The van der Waals surface area contributed by atoms with Crippen molar-refractivity contribution in [2.24, 2.45) is 0 Å². The number of alkyl halides is 3. The summed E-state index contributed by atoms with van der Waals surface area (Å²) in [5, 5.41) is 8.74. The van der Waals surface area contributed by atoms with Gasteiger partial charge in [0.1, 0.15) is 11.2 Å². The second-order valence-electron chi connectivity index (χ2n) is 3.61. The maximum Gasteiger partial charge on any atom is 0.420 e. The van der Waals surface area contributed by atoms with Gasteiger partial charge in [0.15, 0.2) is 5.69 Å². The van der Waals surface area contributed by atoms with Gasteiger partial charge >= 0.3 is 12.1 Å². The van der Waals surface area contributed by atoms with Crippen LogP contribution in [0.25, 0.3) is 5.65 Å². The summed E-state index contributed by atoms with van der Waals surface area (Å²) in [6.07, 6.45) is -3.56. The van der Waals surface area contributed by atoms with E-state index in [9.17, 15) is 18.0 Å². The summed E-state index contributed by atoms with van der Waals surface area (Å²) in [5.41, 5.74) is -1.87. The molecule has 8 heteroatoms. The summed E-state index contributed by atoms with van der Waals surface area (Å²) in [7, 11) is 0. The molecule has 2 aromatic heterocycles. The van der Waals surface area contributed by atoms with Crippen LogP contribution in [0.4, 0.5) is 13.2 Å². The number of aryl methyl sites for hydroxylation is 1. The van der Waals surface area contributed by atoms with Crippen LogP contribution in [0.3, 0.4) is 0 Å². The molecule has 2 rings (SSSR count). The molecular formula is C10H6ClF3N2O2. The predicted molar refractivity (Wildman–Crippen MR) is 56.9 cm³/mol. The van der Waals surface area contributed by atoms with E-state index in [2.05, 4.69) is 4.98 Å². The summed E-state index contributed by atoms with van der Waals surface area (Å²) < 4.78 is 39.2. The van der Waals surface area contributed by atoms with Gasteiger partial charge in [-0.3, -0.25) is 4.40 Å². The second-order valence-corrected chi connectivity index (χ2v) is 4.05. The number of aromatic carboxylic acids is 1. The van der Waals surface area contributed by atoms with Crippen molar-refractivity contribution in [3.05, 3.63) is 34.2 Å². The molecule has 2 aromatic rings. The van der Waals surface area contributed by atoms with Gasteiger partial charge in [0.05, 0.1) is 10.7 Å². The van der Waals surface area contributed by atoms with Crippen molar-refractivity contribution >= 4 is 23.2 Å². The number of carbonyl (C=O) groups is 1. The Morgan fingerprint density at radius 3 is 2.61 bits per heavy atom. The van der Waals surface area contributed by atoms with Crippen molar-refractivity contribution in [2.75, 3.05) is 0 Å². The van der Waals surface area contributed by atoms with Crippen LogP contribution >= 0.6 is 11.6 Å². The zero-order valence-corrected chi connectivity index (χ0v) is 9.67. The molecule has 0 radical (unpaired) electrons. The number of fused-ring (bicyclic) bond motifs is 1. The number of pyridine rings is 1. The third-order valence-corrected chi connectivity index (χ3v) is 2.58. The lowest BCUT2D eigenvalue weighted by Crippen LogP contribution is -2.09. The molecule has 0 spiro atoms. The largest absolute Gasteiger partial charge is 0.477 e. The van der Waals surface area contributed by atoms with Gasteiger partial charge in [0.2, 0.25) is 0 Å². The van der Waals surface area contributed by atoms with Gasteiger partial charge in [-0.1, -0.05) is 11.6 Å². The van der Waals surface area contributed by atoms with E-state index in [1.807, 2.05) is 0 Å². The molecule has 0 aliphatic carbocycles. The number of nitrogens with zero attached hydrogens (tertiary/aromatic N) is 2. The number of carboxylic acid groups (broad SMARTS) is 1. The fourth-order valence-corrected chi connectivity index (χ4v) is 1.90. The zero-order chi connectivity index (χ0) is 13.7. The Balaban J connectivity index is 2.92. The van der Waals surface area contributed by atoms with E-state index in [1.165, 1.54) is 6.92 Å². The van der Waals surface area contributed by atoms with Gasteiger partial charge in [0, 0.05) is 6.20 Å². The lowest BCUT2D eigenvalue weighted by Gasteiger charge is -2.09. The first-order valence-electron chi connectivity index (χ1n) is 4.70. The molecule has 0 amide bonds. The molecule has 1 N–H and O–H groups in total. The van der Waals surface area contributed by atoms with Gasteiger partial charge in [-0.15, -0.1) is 0 Å². The van der Waals surface area contributed by atoms with Crippen LogP contribution < -0.4 is 0 Å². The van der Waals surface area contributed by atoms with Crippen LogP contribution in [0.15, 0.2) is 12.3 Å². The van der Waals surface area contributed by atoms with E-state index < -0.39 is 23.4 Å². The molecule has 0 aliphatic rings. The van der Waals surface area contributed by atoms with Crippen LogP contribution in [0.5, 0.6) is 0 Å². The molecule has 0 fully saturated rings. The number of imidazole rings is 1. The minimum atomic E-state index is -4.65. The molecular weight excluding hydrogens is 273 g/mol. The van der Waals surface area contributed by atoms with Crippen molar-refractivity contribution in [2.45, 2.75) is 13.1 Å². The Morgan fingerprint density at radius 1 is 1.50 bits per heavy atom. The molecule has 0 aromatic carbocycles. The van der Waals surface area contributed by atoms with Gasteiger partial charge < -0.3 is 5.11 Å². The smallest absolute Gasteiger partial charge is 0.420 e. The monoisotopic (exact) mass is 278 g/mol. The average Bonchev–Trinajstić information content (AvgIpc) is 2.50. The first kappa shape index (κ1) is 12.7. The molecule has 96 valence electrons. The highest BCUT2D eigenvalue weighted by Gasteiger charge is 2.35. The Hall–Kier alpha value is -1.76. The summed E-state index contributed by atoms with van der Waals surface area (Å²) in [4.78, 5) is 14.6. The van der Waals surface area contributed by atoms with E-state index in [4.69, 9.17) is 16.7 Å². The van der Waals surface area contributed by atoms with E-state index in [0.717, 1.165) is 16.7 Å². The molecule has 0 aliphatic heterocycles. The first-order valence-corrected chi connectivity index (χ1v) is 5.08. The number of aromatic nitrogens is 2. The van der Waals surface area contributed by atoms with Crippen LogP contribution in [0, 0.1) is 6.92 Å². The van der Waals surface area contributed by atoms with E-state index >= 15 is 0 Å². The van der Waals surface area contributed by atoms with E-state index in [0.29, 0.717) is 0 Å². The van der Waals surface area contributed by atoms with Crippen LogP contribution in [0.1, 0.15) is 21.7 Å². The SMILES string of the molecule is Cc1nc2c(C(F)(F)F)cc(Cl)cn2c1C(=O)O. The minimum Gasteiger partial charge on any atom is -0.477 e. The molecule has 4 nitrogen and oxygen atoms in total. The molecule has 0 unspecified atom stereocenters. The average molecular weight is 279 g/mol. The Labute approximate surface area is 104 Å². The van der Waals surface area contributed by atoms with Crippen LogP contribution in [-0.4, -0.2) is 20.5 Å². The topological polar surface area (TPSA) is 54.6 Å². The first-order chi connectivity index (χ1) is 8.21. The van der Waals surface area contributed by atoms with Crippen molar-refractivity contribution in [1.82, 2.24) is 9.38 Å². The number of rotatable bonds is 1. The molecule has 0 saturated heterocycles. The lowest BCUT2D eigenvalue weighted by atomic mass is 10.2. The summed E-state index contributed by atoms with van der Waals surface area (Å²) >= 11 is 5.57. The molecule has 0 atom stereocenters. The maximum absolute atomic E-state index is 12.8. The highest BCUT2D eigenvalue weighted by molar-refractivity contribution is 6.30. The van der Waals surface area contributed by atoms with Gasteiger partial charge in [0.25, 0.3) is 0 Å². The molecule has 0 bridgehead atoms. The van der Waals surface area contributed by atoms with Gasteiger partial charge in [-0.25, -0.2) is 9.78 Å². The Morgan fingerprint density at radius 2 is 2.11 bits per heavy atom. The number of halogens is 4. The lowest BCUT2D eigenvalue weighted by molar-refractivity contribution is -0.136. The van der Waals surface area contributed by atoms with Crippen molar-refractivity contribution < 1.29 is 23.1 Å². The van der Waals surface area contributed by atoms with Crippen LogP contribution in [-0.2, 0) is 6.18 Å². The third-order valence-electron chi connectivity index (χ3n) is 2.37. The van der Waals surface area contributed by atoms with E-state index in [1.54, 1.807) is 0 Å². The number of hydrogen-bond acceptors (Lipinski definition) is 2. The van der Waals surface area contributed by atoms with Crippen LogP contribution in [0.2, 0.25) is 5.02 Å². The van der Waals surface area contributed by atoms with E-state index in [-0.39, 0.29) is 16.4 Å².